The van der Waals surface area contributed by atoms with E-state index in [0.29, 0.717) is 0 Å². The van der Waals surface area contributed by atoms with E-state index in [1.165, 1.54) is 178 Å². The average molecular weight is 1330 g/mol. The first-order valence-electron chi connectivity index (χ1n) is 35.0. The predicted octanol–water partition coefficient (Wildman–Crippen LogP) is 27.1. The minimum absolute atomic E-state index is 1.12. The van der Waals surface area contributed by atoms with E-state index in [2.05, 4.69) is 370 Å². The Morgan fingerprint density at radius 1 is 0.167 bits per heavy atom. The van der Waals surface area contributed by atoms with Crippen LogP contribution >= 0.6 is 22.7 Å². The average Bonchev–Trinajstić information content (AvgIpc) is 1.55. The monoisotopic (exact) mass is 1330 g/mol. The number of hydrogen-bond donors (Lipinski definition) is 0. The Labute approximate surface area is 594 Å². The van der Waals surface area contributed by atoms with Gasteiger partial charge in [0.1, 0.15) is 0 Å². The molecule has 0 saturated heterocycles. The molecule has 0 amide bonds. The highest BCUT2D eigenvalue weighted by molar-refractivity contribution is 7.26. The number of para-hydroxylation sites is 3. The molecular weight excluding hydrogens is 1270 g/mol. The van der Waals surface area contributed by atoms with Gasteiger partial charge >= 0.3 is 0 Å². The zero-order valence-electron chi connectivity index (χ0n) is 55.1. The molecular formula is C96H58N4S2. The summed E-state index contributed by atoms with van der Waals surface area (Å²) >= 11 is 3.77. The molecule has 0 saturated carbocycles. The highest BCUT2D eigenvalue weighted by Gasteiger charge is 2.26. The highest BCUT2D eigenvalue weighted by atomic mass is 32.1. The molecule has 0 bridgehead atoms. The second-order valence-electron chi connectivity index (χ2n) is 27.0. The van der Waals surface area contributed by atoms with Crippen LogP contribution in [0.2, 0.25) is 0 Å². The number of fused-ring (bicyclic) bond motifs is 20. The Bertz CT molecular complexity index is 7220. The first-order valence-corrected chi connectivity index (χ1v) is 36.6. The van der Waals surface area contributed by atoms with Crippen molar-refractivity contribution < 1.29 is 0 Å². The Balaban J connectivity index is 0.721. The Kier molecular flexibility index (Phi) is 12.5. The number of benzene rings is 16. The van der Waals surface area contributed by atoms with E-state index in [9.17, 15) is 0 Å². The Morgan fingerprint density at radius 3 is 1.09 bits per heavy atom. The largest absolute Gasteiger partial charge is 0.309 e. The molecule has 0 N–H and O–H groups in total. The molecule has 0 atom stereocenters. The van der Waals surface area contributed by atoms with Crippen LogP contribution in [-0.4, -0.2) is 18.3 Å². The van der Waals surface area contributed by atoms with Gasteiger partial charge in [0, 0.05) is 106 Å². The smallest absolute Gasteiger partial charge is 0.0548 e. The van der Waals surface area contributed by atoms with Crippen molar-refractivity contribution in [3.63, 3.8) is 0 Å². The summed E-state index contributed by atoms with van der Waals surface area (Å²) in [4.78, 5) is 0. The van der Waals surface area contributed by atoms with Gasteiger partial charge in [-0.15, -0.1) is 22.7 Å². The van der Waals surface area contributed by atoms with E-state index in [1.54, 1.807) is 0 Å². The molecule has 16 aromatic carbocycles. The molecule has 6 heteroatoms. The molecule has 474 valence electrons. The summed E-state index contributed by atoms with van der Waals surface area (Å²) in [5.41, 5.74) is 25.9. The highest BCUT2D eigenvalue weighted by Crippen LogP contribution is 2.50. The molecule has 0 spiro atoms. The number of aromatic nitrogens is 4. The second kappa shape index (κ2) is 22.3. The lowest BCUT2D eigenvalue weighted by Gasteiger charge is -2.13. The fraction of sp³-hybridized carbons (Fsp3) is 0. The van der Waals surface area contributed by atoms with Crippen LogP contribution in [0.1, 0.15) is 0 Å². The summed E-state index contributed by atoms with van der Waals surface area (Å²) in [5, 5.41) is 15.1. The van der Waals surface area contributed by atoms with Crippen LogP contribution in [0, 0.1) is 0 Å². The summed E-state index contributed by atoms with van der Waals surface area (Å²) < 4.78 is 15.1. The molecule has 6 heterocycles. The summed E-state index contributed by atoms with van der Waals surface area (Å²) in [7, 11) is 0. The van der Waals surface area contributed by atoms with Gasteiger partial charge in [0.25, 0.3) is 0 Å². The van der Waals surface area contributed by atoms with E-state index in [4.69, 9.17) is 0 Å². The van der Waals surface area contributed by atoms with Crippen molar-refractivity contribution in [2.45, 2.75) is 0 Å². The summed E-state index contributed by atoms with van der Waals surface area (Å²) in [5.74, 6) is 0. The lowest BCUT2D eigenvalue weighted by molar-refractivity contribution is 1.17. The summed E-state index contributed by atoms with van der Waals surface area (Å²) in [6.07, 6.45) is 0. The van der Waals surface area contributed by atoms with Crippen LogP contribution in [0.25, 0.3) is 206 Å². The van der Waals surface area contributed by atoms with Gasteiger partial charge < -0.3 is 18.3 Å². The van der Waals surface area contributed by atoms with Crippen LogP contribution in [0.3, 0.4) is 0 Å². The fourth-order valence-electron chi connectivity index (χ4n) is 17.1. The number of hydrogen-bond acceptors (Lipinski definition) is 2. The first-order chi connectivity index (χ1) is 50.6. The molecule has 0 aliphatic carbocycles. The maximum absolute atomic E-state index is 2.52. The maximum atomic E-state index is 2.52. The fourth-order valence-corrected chi connectivity index (χ4v) is 19.5. The molecule has 0 aliphatic heterocycles. The minimum atomic E-state index is 1.12. The van der Waals surface area contributed by atoms with Gasteiger partial charge in [-0.25, -0.2) is 0 Å². The van der Waals surface area contributed by atoms with Crippen molar-refractivity contribution in [1.29, 1.82) is 0 Å². The molecule has 6 aromatic heterocycles. The quantitative estimate of drug-likeness (QED) is 0.137. The summed E-state index contributed by atoms with van der Waals surface area (Å²) in [6, 6.07) is 131. The van der Waals surface area contributed by atoms with Crippen molar-refractivity contribution in [2.75, 3.05) is 0 Å². The lowest BCUT2D eigenvalue weighted by atomic mass is 9.93. The van der Waals surface area contributed by atoms with Gasteiger partial charge in [-0.05, 0) is 177 Å². The first kappa shape index (κ1) is 57.1. The Hall–Kier alpha value is -12.8. The van der Waals surface area contributed by atoms with Crippen LogP contribution in [0.4, 0.5) is 0 Å². The van der Waals surface area contributed by atoms with Crippen molar-refractivity contribution in [2.24, 2.45) is 0 Å². The number of thiophene rings is 2. The van der Waals surface area contributed by atoms with E-state index >= 15 is 0 Å². The SMILES string of the molecule is c1ccc(-c2ccc(-n3c4ccccc4c4c5c6ccccc6n(-c6cccc(-c7ccc(-c8ccc9c(c8)c8c%10c%11ccccc%11n(-c%11ccc(-c%12ccccc%12)cc%11)c%10ccc8n9-c8cccc(-c9ccc%10c(c9)sc9ccccc9%10)c8)c8c7sc7ccccc78)c6)c5ccc43)cc2)cc1. The molecule has 0 radical (unpaired) electrons. The van der Waals surface area contributed by atoms with Crippen molar-refractivity contribution in [3.05, 3.63) is 352 Å². The van der Waals surface area contributed by atoms with Crippen LogP contribution in [0.15, 0.2) is 352 Å². The predicted molar refractivity (Wildman–Crippen MR) is 437 cm³/mol. The Morgan fingerprint density at radius 2 is 0.529 bits per heavy atom. The second-order valence-corrected chi connectivity index (χ2v) is 29.2. The standard InChI is InChI=1S/C96H58N4S2/c1-3-19-59(20-4-1)61-37-43-67(44-38-61)97-80-32-12-7-28-75(80)92-84(97)51-53-86-93(92)77-30-9-14-34-82(77)99(86)70-26-18-24-65(56-70)72-49-48-71(91-78-31-11-16-36-89(78)102-96(72)91)66-42-50-83-79(57-66)95-87(100(83)69-25-17-23-63(55-69)64-41-47-74-73-27-10-15-35-88(73)101-90(74)58-64)54-52-85-94(95)76-29-8-13-33-81(76)98(85)68-45-39-62(40-46-68)60-21-5-2-6-22-60/h1-58H. The third-order valence-corrected chi connectivity index (χ3v) is 23.9. The van der Waals surface area contributed by atoms with E-state index in [1.807, 2.05) is 22.7 Å². The van der Waals surface area contributed by atoms with Crippen molar-refractivity contribution in [1.82, 2.24) is 18.3 Å². The van der Waals surface area contributed by atoms with Crippen LogP contribution in [0.5, 0.6) is 0 Å². The van der Waals surface area contributed by atoms with Crippen LogP contribution < -0.4 is 0 Å². The zero-order valence-corrected chi connectivity index (χ0v) is 56.7. The van der Waals surface area contributed by atoms with Gasteiger partial charge in [0.2, 0.25) is 0 Å². The molecule has 0 fully saturated rings. The normalized spacial score (nSPS) is 12.1. The number of nitrogens with zero attached hydrogens (tertiary/aromatic N) is 4. The van der Waals surface area contributed by atoms with Gasteiger partial charge in [-0.2, -0.15) is 0 Å². The van der Waals surface area contributed by atoms with Gasteiger partial charge in [0.05, 0.1) is 44.1 Å². The molecule has 0 unspecified atom stereocenters. The lowest BCUT2D eigenvalue weighted by Crippen LogP contribution is -1.95. The topological polar surface area (TPSA) is 19.7 Å². The van der Waals surface area contributed by atoms with Gasteiger partial charge in [0.15, 0.2) is 0 Å². The van der Waals surface area contributed by atoms with E-state index < -0.39 is 0 Å². The minimum Gasteiger partial charge on any atom is -0.309 e. The van der Waals surface area contributed by atoms with Crippen molar-refractivity contribution in [3.8, 4) is 78.4 Å². The molecule has 22 rings (SSSR count). The molecule has 4 nitrogen and oxygen atoms in total. The maximum Gasteiger partial charge on any atom is 0.0548 e. The molecule has 102 heavy (non-hydrogen) atoms. The third-order valence-electron chi connectivity index (χ3n) is 21.6. The molecule has 0 aliphatic rings. The summed E-state index contributed by atoms with van der Waals surface area (Å²) in [6.45, 7) is 0. The van der Waals surface area contributed by atoms with E-state index in [0.717, 1.165) is 28.3 Å². The molecule has 22 aromatic rings. The third kappa shape index (κ3) is 8.55. The van der Waals surface area contributed by atoms with E-state index in [-0.39, 0.29) is 0 Å². The number of rotatable bonds is 9. The van der Waals surface area contributed by atoms with Gasteiger partial charge in [-0.1, -0.05) is 231 Å². The van der Waals surface area contributed by atoms with Crippen LogP contribution in [-0.2, 0) is 0 Å². The van der Waals surface area contributed by atoms with Gasteiger partial charge in [-0.3, -0.25) is 0 Å². The van der Waals surface area contributed by atoms with Crippen molar-refractivity contribution >= 4 is 150 Å². The zero-order chi connectivity index (χ0) is 66.7.